The molecule has 0 aliphatic carbocycles. The third-order valence-corrected chi connectivity index (χ3v) is 5.00. The molecule has 5 nitrogen and oxygen atoms in total. The standard InChI is InChI=1S/C16H19NO4S2/c1-5-20-15(18)13-9(3)22-7-11(13)17-12-8-23-10(4)14(12)16(19)21-6-2/h7-8,17H,5-6H2,1-4H3. The first-order valence-corrected chi connectivity index (χ1v) is 9.02. The summed E-state index contributed by atoms with van der Waals surface area (Å²) in [5.74, 6) is -0.725. The van der Waals surface area contributed by atoms with E-state index < -0.39 is 0 Å². The van der Waals surface area contributed by atoms with E-state index in [1.54, 1.807) is 13.8 Å². The molecule has 0 spiro atoms. The Morgan fingerprint density at radius 1 is 0.913 bits per heavy atom. The summed E-state index contributed by atoms with van der Waals surface area (Å²) >= 11 is 2.92. The highest BCUT2D eigenvalue weighted by atomic mass is 32.1. The highest BCUT2D eigenvalue weighted by Gasteiger charge is 2.22. The van der Waals surface area contributed by atoms with Gasteiger partial charge in [-0.2, -0.15) is 0 Å². The number of nitrogens with one attached hydrogen (secondary N) is 1. The van der Waals surface area contributed by atoms with Crippen molar-refractivity contribution in [3.63, 3.8) is 0 Å². The number of thiophene rings is 2. The second-order valence-electron chi connectivity index (χ2n) is 4.73. The van der Waals surface area contributed by atoms with E-state index in [1.165, 1.54) is 22.7 Å². The van der Waals surface area contributed by atoms with Gasteiger partial charge < -0.3 is 14.8 Å². The minimum absolute atomic E-state index is 0.319. The van der Waals surface area contributed by atoms with Crippen LogP contribution >= 0.6 is 22.7 Å². The van der Waals surface area contributed by atoms with Gasteiger partial charge in [-0.05, 0) is 27.7 Å². The molecule has 2 rings (SSSR count). The number of aryl methyl sites for hydroxylation is 2. The smallest absolute Gasteiger partial charge is 0.341 e. The van der Waals surface area contributed by atoms with E-state index >= 15 is 0 Å². The summed E-state index contributed by atoms with van der Waals surface area (Å²) in [6.45, 7) is 7.92. The van der Waals surface area contributed by atoms with Gasteiger partial charge in [0.15, 0.2) is 0 Å². The molecule has 2 aromatic heterocycles. The second-order valence-corrected chi connectivity index (χ2v) is 6.89. The van der Waals surface area contributed by atoms with Crippen LogP contribution in [0.4, 0.5) is 11.4 Å². The molecule has 23 heavy (non-hydrogen) atoms. The Morgan fingerprint density at radius 3 is 1.65 bits per heavy atom. The molecule has 2 aromatic rings. The van der Waals surface area contributed by atoms with E-state index in [1.807, 2.05) is 24.6 Å². The van der Waals surface area contributed by atoms with Crippen LogP contribution in [0.1, 0.15) is 44.3 Å². The third-order valence-electron chi connectivity index (χ3n) is 3.18. The first kappa shape index (κ1) is 17.5. The molecule has 0 aliphatic heterocycles. The van der Waals surface area contributed by atoms with Crippen LogP contribution in [0.3, 0.4) is 0 Å². The van der Waals surface area contributed by atoms with E-state index in [-0.39, 0.29) is 11.9 Å². The molecular formula is C16H19NO4S2. The van der Waals surface area contributed by atoms with Gasteiger partial charge in [0.1, 0.15) is 0 Å². The van der Waals surface area contributed by atoms with Crippen molar-refractivity contribution >= 4 is 46.0 Å². The zero-order valence-electron chi connectivity index (χ0n) is 13.5. The summed E-state index contributed by atoms with van der Waals surface area (Å²) in [5, 5.41) is 6.88. The van der Waals surface area contributed by atoms with Crippen molar-refractivity contribution in [1.82, 2.24) is 0 Å². The molecule has 0 saturated carbocycles. The van der Waals surface area contributed by atoms with E-state index in [9.17, 15) is 9.59 Å². The molecule has 124 valence electrons. The largest absolute Gasteiger partial charge is 0.462 e. The molecule has 7 heteroatoms. The molecule has 0 radical (unpaired) electrons. The quantitative estimate of drug-likeness (QED) is 0.773. The molecule has 0 saturated heterocycles. The molecule has 0 fully saturated rings. The van der Waals surface area contributed by atoms with Crippen LogP contribution in [-0.2, 0) is 9.47 Å². The van der Waals surface area contributed by atoms with Gasteiger partial charge in [-0.25, -0.2) is 9.59 Å². The molecule has 0 amide bonds. The fourth-order valence-corrected chi connectivity index (χ4v) is 3.72. The van der Waals surface area contributed by atoms with Gasteiger partial charge in [0, 0.05) is 20.5 Å². The lowest BCUT2D eigenvalue weighted by molar-refractivity contribution is 0.0518. The Kier molecular flexibility index (Phi) is 5.79. The van der Waals surface area contributed by atoms with Crippen LogP contribution in [0.2, 0.25) is 0 Å². The van der Waals surface area contributed by atoms with E-state index in [0.29, 0.717) is 35.7 Å². The first-order valence-electron chi connectivity index (χ1n) is 7.27. The fourth-order valence-electron chi connectivity index (χ4n) is 2.15. The van der Waals surface area contributed by atoms with Crippen molar-refractivity contribution in [2.45, 2.75) is 27.7 Å². The van der Waals surface area contributed by atoms with Gasteiger partial charge in [0.05, 0.1) is 35.7 Å². The van der Waals surface area contributed by atoms with Gasteiger partial charge in [0.2, 0.25) is 0 Å². The maximum Gasteiger partial charge on any atom is 0.341 e. The number of anilines is 2. The summed E-state index contributed by atoms with van der Waals surface area (Å²) < 4.78 is 10.2. The molecular weight excluding hydrogens is 334 g/mol. The van der Waals surface area contributed by atoms with Crippen LogP contribution in [0, 0.1) is 13.8 Å². The summed E-state index contributed by atoms with van der Waals surface area (Å²) in [6, 6.07) is 0. The van der Waals surface area contributed by atoms with Gasteiger partial charge in [-0.1, -0.05) is 0 Å². The van der Waals surface area contributed by atoms with Gasteiger partial charge in [0.25, 0.3) is 0 Å². The lowest BCUT2D eigenvalue weighted by atomic mass is 10.2. The minimum Gasteiger partial charge on any atom is -0.462 e. The normalized spacial score (nSPS) is 10.4. The summed E-state index contributed by atoms with van der Waals surface area (Å²) in [7, 11) is 0. The zero-order chi connectivity index (χ0) is 17.0. The topological polar surface area (TPSA) is 64.6 Å². The molecule has 0 aromatic carbocycles. The van der Waals surface area contributed by atoms with Gasteiger partial charge in [-0.15, -0.1) is 22.7 Å². The van der Waals surface area contributed by atoms with Crippen molar-refractivity contribution < 1.29 is 19.1 Å². The number of carbonyl (C=O) groups is 2. The monoisotopic (exact) mass is 353 g/mol. The van der Waals surface area contributed by atoms with Crippen molar-refractivity contribution in [3.05, 3.63) is 31.6 Å². The second kappa shape index (κ2) is 7.61. The maximum absolute atomic E-state index is 12.1. The average molecular weight is 353 g/mol. The highest BCUT2D eigenvalue weighted by Crippen LogP contribution is 2.34. The Morgan fingerprint density at radius 2 is 1.30 bits per heavy atom. The molecule has 0 unspecified atom stereocenters. The average Bonchev–Trinajstić information content (AvgIpc) is 3.03. The number of hydrogen-bond donors (Lipinski definition) is 1. The lowest BCUT2D eigenvalue weighted by Crippen LogP contribution is -2.10. The predicted octanol–water partition coefficient (Wildman–Crippen LogP) is 4.52. The van der Waals surface area contributed by atoms with Gasteiger partial charge >= 0.3 is 11.9 Å². The van der Waals surface area contributed by atoms with E-state index in [0.717, 1.165) is 9.75 Å². The number of ether oxygens (including phenoxy) is 2. The highest BCUT2D eigenvalue weighted by molar-refractivity contribution is 7.11. The molecule has 0 atom stereocenters. The third kappa shape index (κ3) is 3.73. The molecule has 0 bridgehead atoms. The van der Waals surface area contributed by atoms with Crippen molar-refractivity contribution in [1.29, 1.82) is 0 Å². The van der Waals surface area contributed by atoms with Crippen molar-refractivity contribution in [2.75, 3.05) is 18.5 Å². The van der Waals surface area contributed by atoms with Gasteiger partial charge in [-0.3, -0.25) is 0 Å². The Hall–Kier alpha value is -1.86. The number of hydrogen-bond acceptors (Lipinski definition) is 7. The lowest BCUT2D eigenvalue weighted by Gasteiger charge is -2.09. The van der Waals surface area contributed by atoms with Crippen LogP contribution in [0.15, 0.2) is 10.8 Å². The molecule has 1 N–H and O–H groups in total. The van der Waals surface area contributed by atoms with Crippen molar-refractivity contribution in [2.24, 2.45) is 0 Å². The van der Waals surface area contributed by atoms with Crippen LogP contribution in [0.25, 0.3) is 0 Å². The van der Waals surface area contributed by atoms with E-state index in [4.69, 9.17) is 9.47 Å². The summed E-state index contributed by atoms with van der Waals surface area (Å²) in [4.78, 5) is 26.0. The Bertz CT molecular complexity index is 657. The minimum atomic E-state index is -0.363. The molecule has 0 aliphatic rings. The van der Waals surface area contributed by atoms with E-state index in [2.05, 4.69) is 5.32 Å². The Labute approximate surface area is 143 Å². The predicted molar refractivity (Wildman–Crippen MR) is 93.3 cm³/mol. The first-order chi connectivity index (χ1) is 11.0. The SMILES string of the molecule is CCOC(=O)c1c(Nc2csc(C)c2C(=O)OCC)csc1C. The van der Waals surface area contributed by atoms with Crippen LogP contribution < -0.4 is 5.32 Å². The number of rotatable bonds is 6. The maximum atomic E-state index is 12.1. The number of carbonyl (C=O) groups excluding carboxylic acids is 2. The van der Waals surface area contributed by atoms with Crippen molar-refractivity contribution in [3.8, 4) is 0 Å². The number of esters is 2. The summed E-state index contributed by atoms with van der Waals surface area (Å²) in [5.41, 5.74) is 2.31. The van der Waals surface area contributed by atoms with Crippen LogP contribution in [0.5, 0.6) is 0 Å². The fraction of sp³-hybridized carbons (Fsp3) is 0.375. The zero-order valence-corrected chi connectivity index (χ0v) is 15.2. The summed E-state index contributed by atoms with van der Waals surface area (Å²) in [6.07, 6.45) is 0. The van der Waals surface area contributed by atoms with Crippen LogP contribution in [-0.4, -0.2) is 25.2 Å². The Balaban J connectivity index is 2.34. The molecule has 2 heterocycles.